The number of aromatic amines is 2. The number of aromatic carboxylic acids is 2. The lowest BCUT2D eigenvalue weighted by atomic mass is 10.1. The first-order valence-electron chi connectivity index (χ1n) is 13.5. The standard InChI is InChI=1S/C20H14N4.C8H6O4.C6H8N2/c1-2-6-16-15(5-1)21-19(22-16)13-9-11-14(12-10-13)20-23-17-7-3-4-8-18(17)24-20;9-7(10)5-1-2-6(4-3-5)8(11)12;7-5-3-1-2-4-6(5)8/h1-12H,(H,21,22)(H,23,24);1-4H,(H,9,10)(H,11,12);1-4H,7-8H2. The van der Waals surface area contributed by atoms with Crippen LogP contribution in [0.1, 0.15) is 20.7 Å². The van der Waals surface area contributed by atoms with Crippen LogP contribution in [-0.2, 0) is 0 Å². The predicted molar refractivity (Wildman–Crippen MR) is 172 cm³/mol. The number of nitrogens with two attached hydrogens (primary N) is 2. The van der Waals surface area contributed by atoms with Gasteiger partial charge in [0.2, 0.25) is 0 Å². The van der Waals surface area contributed by atoms with Gasteiger partial charge in [0.15, 0.2) is 0 Å². The molecule has 7 rings (SSSR count). The Labute approximate surface area is 251 Å². The SMILES string of the molecule is Nc1ccccc1N.O=C(O)c1ccc(C(=O)O)cc1.c1ccc2[nH]c(-c3ccc(-c4nc5ccccc5[nH]4)cc3)nc2c1. The number of hydrogen-bond donors (Lipinski definition) is 6. The average Bonchev–Trinajstić information content (AvgIpc) is 3.68. The van der Waals surface area contributed by atoms with E-state index in [-0.39, 0.29) is 11.1 Å². The number of H-pyrrole nitrogens is 2. The lowest BCUT2D eigenvalue weighted by Gasteiger charge is -1.99. The van der Waals surface area contributed by atoms with E-state index in [1.54, 1.807) is 12.1 Å². The van der Waals surface area contributed by atoms with Crippen LogP contribution in [0, 0.1) is 0 Å². The summed E-state index contributed by atoms with van der Waals surface area (Å²) >= 11 is 0. The van der Waals surface area contributed by atoms with Crippen LogP contribution in [0.3, 0.4) is 0 Å². The molecule has 0 aliphatic rings. The third kappa shape index (κ3) is 6.89. The van der Waals surface area contributed by atoms with E-state index in [1.165, 1.54) is 24.3 Å². The van der Waals surface area contributed by atoms with Crippen LogP contribution in [0.15, 0.2) is 121 Å². The molecule has 2 aromatic heterocycles. The molecule has 10 heteroatoms. The van der Waals surface area contributed by atoms with Crippen molar-refractivity contribution in [2.75, 3.05) is 11.5 Å². The average molecular weight is 585 g/mol. The summed E-state index contributed by atoms with van der Waals surface area (Å²) in [4.78, 5) is 36.7. The zero-order valence-electron chi connectivity index (χ0n) is 23.3. The molecule has 0 aliphatic carbocycles. The van der Waals surface area contributed by atoms with Crippen molar-refractivity contribution in [3.8, 4) is 22.8 Å². The second-order valence-electron chi connectivity index (χ2n) is 9.60. The minimum Gasteiger partial charge on any atom is -0.478 e. The molecule has 7 aromatic rings. The number of anilines is 2. The Kier molecular flexibility index (Phi) is 8.62. The first kappa shape index (κ1) is 29.1. The van der Waals surface area contributed by atoms with Crippen molar-refractivity contribution in [3.05, 3.63) is 132 Å². The molecule has 0 amide bonds. The third-order valence-corrected chi connectivity index (χ3v) is 6.59. The molecule has 0 bridgehead atoms. The zero-order chi connectivity index (χ0) is 31.1. The van der Waals surface area contributed by atoms with Gasteiger partial charge in [-0.05, 0) is 60.7 Å². The number of nitrogen functional groups attached to an aromatic ring is 2. The normalized spacial score (nSPS) is 10.4. The van der Waals surface area contributed by atoms with Gasteiger partial charge in [-0.2, -0.15) is 0 Å². The van der Waals surface area contributed by atoms with Gasteiger partial charge in [-0.3, -0.25) is 0 Å². The number of fused-ring (bicyclic) bond motifs is 2. The number of para-hydroxylation sites is 6. The van der Waals surface area contributed by atoms with E-state index in [9.17, 15) is 9.59 Å². The quantitative estimate of drug-likeness (QED) is 0.123. The van der Waals surface area contributed by atoms with Gasteiger partial charge in [-0.1, -0.05) is 60.7 Å². The molecule has 0 fully saturated rings. The summed E-state index contributed by atoms with van der Waals surface area (Å²) < 4.78 is 0. The Morgan fingerprint density at radius 3 is 1.16 bits per heavy atom. The molecule has 10 nitrogen and oxygen atoms in total. The van der Waals surface area contributed by atoms with Gasteiger partial charge in [-0.25, -0.2) is 19.6 Å². The minimum absolute atomic E-state index is 0.0833. The van der Waals surface area contributed by atoms with Crippen molar-refractivity contribution in [1.82, 2.24) is 19.9 Å². The number of rotatable bonds is 4. The number of benzene rings is 5. The van der Waals surface area contributed by atoms with Gasteiger partial charge in [0.05, 0.1) is 44.6 Å². The van der Waals surface area contributed by atoms with Crippen LogP contribution in [-0.4, -0.2) is 42.1 Å². The smallest absolute Gasteiger partial charge is 0.335 e. The summed E-state index contributed by atoms with van der Waals surface area (Å²) in [6.45, 7) is 0. The molecule has 2 heterocycles. The van der Waals surface area contributed by atoms with Crippen molar-refractivity contribution in [1.29, 1.82) is 0 Å². The summed E-state index contributed by atoms with van der Waals surface area (Å²) in [7, 11) is 0. The maximum absolute atomic E-state index is 10.3. The molecule has 0 saturated carbocycles. The number of nitrogens with zero attached hydrogens (tertiary/aromatic N) is 2. The fraction of sp³-hybridized carbons (Fsp3) is 0. The van der Waals surface area contributed by atoms with Gasteiger partial charge < -0.3 is 31.6 Å². The van der Waals surface area contributed by atoms with E-state index in [0.29, 0.717) is 11.4 Å². The number of hydrogen-bond acceptors (Lipinski definition) is 6. The Hall–Kier alpha value is -6.42. The molecule has 0 aliphatic heterocycles. The van der Waals surface area contributed by atoms with Crippen molar-refractivity contribution in [2.45, 2.75) is 0 Å². The van der Waals surface area contributed by atoms with E-state index >= 15 is 0 Å². The van der Waals surface area contributed by atoms with Crippen LogP contribution in [0.5, 0.6) is 0 Å². The highest BCUT2D eigenvalue weighted by molar-refractivity contribution is 5.91. The highest BCUT2D eigenvalue weighted by atomic mass is 16.4. The van der Waals surface area contributed by atoms with E-state index < -0.39 is 11.9 Å². The largest absolute Gasteiger partial charge is 0.478 e. The van der Waals surface area contributed by atoms with E-state index in [2.05, 4.69) is 44.2 Å². The van der Waals surface area contributed by atoms with Gasteiger partial charge >= 0.3 is 11.9 Å². The molecule has 0 saturated heterocycles. The summed E-state index contributed by atoms with van der Waals surface area (Å²) in [5.74, 6) is -0.362. The summed E-state index contributed by atoms with van der Waals surface area (Å²) in [5, 5.41) is 16.9. The maximum Gasteiger partial charge on any atom is 0.335 e. The molecule has 218 valence electrons. The van der Waals surface area contributed by atoms with E-state index in [0.717, 1.165) is 44.8 Å². The van der Waals surface area contributed by atoms with E-state index in [4.69, 9.17) is 21.7 Å². The van der Waals surface area contributed by atoms with Crippen LogP contribution >= 0.6 is 0 Å². The van der Waals surface area contributed by atoms with Gasteiger partial charge in [0.25, 0.3) is 0 Å². The summed E-state index contributed by atoms with van der Waals surface area (Å²) in [5.41, 5.74) is 18.4. The van der Waals surface area contributed by atoms with Crippen LogP contribution in [0.25, 0.3) is 44.8 Å². The molecule has 0 unspecified atom stereocenters. The fourth-order valence-electron chi connectivity index (χ4n) is 4.23. The second kappa shape index (κ2) is 13.0. The zero-order valence-corrected chi connectivity index (χ0v) is 23.3. The predicted octanol–water partition coefficient (Wildman–Crippen LogP) is 6.71. The highest BCUT2D eigenvalue weighted by Crippen LogP contribution is 2.25. The maximum atomic E-state index is 10.3. The molecule has 0 spiro atoms. The first-order valence-corrected chi connectivity index (χ1v) is 13.5. The fourth-order valence-corrected chi connectivity index (χ4v) is 4.23. The third-order valence-electron chi connectivity index (χ3n) is 6.59. The van der Waals surface area contributed by atoms with Gasteiger partial charge in [0, 0.05) is 11.1 Å². The molecule has 44 heavy (non-hydrogen) atoms. The van der Waals surface area contributed by atoms with Crippen LogP contribution < -0.4 is 11.5 Å². The Balaban J connectivity index is 0.000000160. The second-order valence-corrected chi connectivity index (χ2v) is 9.60. The topological polar surface area (TPSA) is 184 Å². The first-order chi connectivity index (χ1) is 21.3. The molecular formula is C34H28N6O4. The van der Waals surface area contributed by atoms with Crippen LogP contribution in [0.2, 0.25) is 0 Å². The molecule has 8 N–H and O–H groups in total. The van der Waals surface area contributed by atoms with Gasteiger partial charge in [-0.15, -0.1) is 0 Å². The molecular weight excluding hydrogens is 556 g/mol. The van der Waals surface area contributed by atoms with Crippen LogP contribution in [0.4, 0.5) is 11.4 Å². The number of carboxylic acids is 2. The Morgan fingerprint density at radius 2 is 0.841 bits per heavy atom. The summed E-state index contributed by atoms with van der Waals surface area (Å²) in [6, 6.07) is 36.7. The van der Waals surface area contributed by atoms with E-state index in [1.807, 2.05) is 60.7 Å². The number of aromatic nitrogens is 4. The minimum atomic E-state index is -1.06. The molecule has 5 aromatic carbocycles. The number of imidazole rings is 2. The van der Waals surface area contributed by atoms with Crippen molar-refractivity contribution in [3.63, 3.8) is 0 Å². The monoisotopic (exact) mass is 584 g/mol. The van der Waals surface area contributed by atoms with Crippen molar-refractivity contribution >= 4 is 45.4 Å². The molecule has 0 atom stereocenters. The summed E-state index contributed by atoms with van der Waals surface area (Å²) in [6.07, 6.45) is 0. The number of carbonyl (C=O) groups is 2. The van der Waals surface area contributed by atoms with Crippen molar-refractivity contribution < 1.29 is 19.8 Å². The number of nitrogens with one attached hydrogen (secondary N) is 2. The van der Waals surface area contributed by atoms with Crippen molar-refractivity contribution in [2.24, 2.45) is 0 Å². The Bertz CT molecular complexity index is 1830. The molecule has 0 radical (unpaired) electrons. The highest BCUT2D eigenvalue weighted by Gasteiger charge is 2.08. The van der Waals surface area contributed by atoms with Gasteiger partial charge in [0.1, 0.15) is 11.6 Å². The Morgan fingerprint density at radius 1 is 0.500 bits per heavy atom. The lowest BCUT2D eigenvalue weighted by Crippen LogP contribution is -1.99. The lowest BCUT2D eigenvalue weighted by molar-refractivity contribution is 0.0681. The number of carboxylic acid groups (broad SMARTS) is 2.